The van der Waals surface area contributed by atoms with Gasteiger partial charge >= 0.3 is 11.8 Å². The number of likely N-dealkylation sites (tertiary alicyclic amines) is 1. The average Bonchev–Trinajstić information content (AvgIpc) is 3.31. The van der Waals surface area contributed by atoms with Crippen molar-refractivity contribution in [1.29, 1.82) is 0 Å². The van der Waals surface area contributed by atoms with Gasteiger partial charge in [-0.25, -0.2) is 13.1 Å². The van der Waals surface area contributed by atoms with Crippen LogP contribution in [-0.4, -0.2) is 48.0 Å². The first-order valence-electron chi connectivity index (χ1n) is 8.41. The van der Waals surface area contributed by atoms with Crippen LogP contribution in [0.5, 0.6) is 0 Å². The van der Waals surface area contributed by atoms with Gasteiger partial charge in [0.2, 0.25) is 0 Å². The molecule has 1 N–H and O–H groups in total. The molecule has 0 spiro atoms. The van der Waals surface area contributed by atoms with Crippen LogP contribution in [0.1, 0.15) is 24.1 Å². The molecule has 2 amide bonds. The van der Waals surface area contributed by atoms with Crippen LogP contribution < -0.4 is 5.32 Å². The van der Waals surface area contributed by atoms with Gasteiger partial charge in [0.05, 0.1) is 22.9 Å². The van der Waals surface area contributed by atoms with Gasteiger partial charge in [-0.1, -0.05) is 18.2 Å². The van der Waals surface area contributed by atoms with Crippen LogP contribution in [0.15, 0.2) is 30.3 Å². The van der Waals surface area contributed by atoms with Crippen LogP contribution in [0.25, 0.3) is 5.69 Å². The zero-order chi connectivity index (χ0) is 18.3. The van der Waals surface area contributed by atoms with Crippen molar-refractivity contribution in [2.45, 2.75) is 24.3 Å². The summed E-state index contributed by atoms with van der Waals surface area (Å²) in [7, 11) is -3.28. The molecule has 3 heterocycles. The lowest BCUT2D eigenvalue weighted by molar-refractivity contribution is -0.142. The van der Waals surface area contributed by atoms with Gasteiger partial charge in [0, 0.05) is 18.7 Å². The Bertz CT molecular complexity index is 976. The molecule has 9 heteroatoms. The van der Waals surface area contributed by atoms with Crippen LogP contribution in [0.2, 0.25) is 0 Å². The second-order valence-corrected chi connectivity index (χ2v) is 8.57. The Morgan fingerprint density at radius 3 is 2.42 bits per heavy atom. The number of hydrogen-bond acceptors (Lipinski definition) is 5. The number of carbonyl (C=O) groups is 2. The molecule has 0 radical (unpaired) electrons. The van der Waals surface area contributed by atoms with E-state index in [2.05, 4.69) is 10.4 Å². The maximum absolute atomic E-state index is 12.4. The number of carbonyl (C=O) groups excluding carboxylic acids is 2. The average molecular weight is 374 g/mol. The number of para-hydroxylation sites is 1. The lowest BCUT2D eigenvalue weighted by atomic mass is 10.2. The highest BCUT2D eigenvalue weighted by Gasteiger charge is 2.34. The van der Waals surface area contributed by atoms with Crippen LogP contribution >= 0.6 is 0 Å². The number of fused-ring (bicyclic) bond motifs is 1. The summed E-state index contributed by atoms with van der Waals surface area (Å²) < 4.78 is 25.4. The van der Waals surface area contributed by atoms with Gasteiger partial charge < -0.3 is 10.2 Å². The molecule has 1 fully saturated rings. The molecule has 8 nitrogen and oxygen atoms in total. The Morgan fingerprint density at radius 2 is 1.73 bits per heavy atom. The van der Waals surface area contributed by atoms with Crippen LogP contribution in [-0.2, 0) is 30.9 Å². The first-order valence-corrected chi connectivity index (χ1v) is 10.2. The first-order chi connectivity index (χ1) is 12.4. The van der Waals surface area contributed by atoms with E-state index in [0.29, 0.717) is 30.0 Å². The summed E-state index contributed by atoms with van der Waals surface area (Å²) in [5.41, 5.74) is 1.55. The molecule has 4 rings (SSSR count). The van der Waals surface area contributed by atoms with Gasteiger partial charge in [-0.3, -0.25) is 9.59 Å². The highest BCUT2D eigenvalue weighted by molar-refractivity contribution is 7.90. The Balaban J connectivity index is 1.70. The largest absolute Gasteiger partial charge is 0.334 e. The van der Waals surface area contributed by atoms with E-state index in [9.17, 15) is 18.0 Å². The second kappa shape index (κ2) is 6.24. The maximum Gasteiger partial charge on any atom is 0.315 e. The smallest absolute Gasteiger partial charge is 0.315 e. The van der Waals surface area contributed by atoms with Gasteiger partial charge in [-0.2, -0.15) is 5.10 Å². The summed E-state index contributed by atoms with van der Waals surface area (Å²) >= 11 is 0. The minimum absolute atomic E-state index is 0.162. The quantitative estimate of drug-likeness (QED) is 0.786. The normalized spacial score (nSPS) is 17.9. The summed E-state index contributed by atoms with van der Waals surface area (Å²) in [6.07, 6.45) is 1.77. The van der Waals surface area contributed by atoms with Crippen LogP contribution in [0.3, 0.4) is 0 Å². The predicted molar refractivity (Wildman–Crippen MR) is 94.3 cm³/mol. The summed E-state index contributed by atoms with van der Waals surface area (Å²) in [6.45, 7) is 1.13. The SMILES string of the molecule is O=C(Nc1c2c(nn1-c1ccccc1)CS(=O)(=O)C2)C(=O)N1CCCC1. The fourth-order valence-corrected chi connectivity index (χ4v) is 4.85. The van der Waals surface area contributed by atoms with E-state index in [1.54, 1.807) is 12.1 Å². The number of rotatable bonds is 2. The van der Waals surface area contributed by atoms with Gasteiger partial charge in [-0.15, -0.1) is 0 Å². The zero-order valence-corrected chi connectivity index (χ0v) is 14.8. The molecule has 1 aromatic heterocycles. The third-order valence-electron chi connectivity index (χ3n) is 4.61. The van der Waals surface area contributed by atoms with E-state index in [-0.39, 0.29) is 17.3 Å². The first kappa shape index (κ1) is 16.8. The summed E-state index contributed by atoms with van der Waals surface area (Å²) in [6, 6.07) is 9.09. The van der Waals surface area contributed by atoms with E-state index in [1.165, 1.54) is 9.58 Å². The lowest BCUT2D eigenvalue weighted by Crippen LogP contribution is -2.38. The number of amides is 2. The standard InChI is InChI=1S/C17H18N4O4S/c22-16(17(23)20-8-4-5-9-20)18-15-13-10-26(24,25)11-14(13)19-21(15)12-6-2-1-3-7-12/h1-3,6-7H,4-5,8-11H2,(H,18,22). The van der Waals surface area contributed by atoms with E-state index in [1.807, 2.05) is 18.2 Å². The molecule has 1 aromatic carbocycles. The van der Waals surface area contributed by atoms with Crippen molar-refractivity contribution in [2.75, 3.05) is 18.4 Å². The molecule has 0 bridgehead atoms. The molecule has 2 aromatic rings. The van der Waals surface area contributed by atoms with E-state index < -0.39 is 21.7 Å². The number of benzene rings is 1. The number of nitrogens with one attached hydrogen (secondary N) is 1. The number of anilines is 1. The molecule has 0 aliphatic carbocycles. The highest BCUT2D eigenvalue weighted by Crippen LogP contribution is 2.32. The number of sulfone groups is 1. The van der Waals surface area contributed by atoms with Gasteiger partial charge in [0.15, 0.2) is 9.84 Å². The second-order valence-electron chi connectivity index (χ2n) is 6.51. The van der Waals surface area contributed by atoms with E-state index in [0.717, 1.165) is 12.8 Å². The van der Waals surface area contributed by atoms with Crippen molar-refractivity contribution in [2.24, 2.45) is 0 Å². The van der Waals surface area contributed by atoms with E-state index >= 15 is 0 Å². The van der Waals surface area contributed by atoms with Crippen molar-refractivity contribution in [3.05, 3.63) is 41.6 Å². The van der Waals surface area contributed by atoms with Gasteiger partial charge in [0.25, 0.3) is 0 Å². The fourth-order valence-electron chi connectivity index (χ4n) is 3.35. The molecule has 2 aliphatic heterocycles. The minimum atomic E-state index is -3.28. The minimum Gasteiger partial charge on any atom is -0.334 e. The number of aromatic nitrogens is 2. The van der Waals surface area contributed by atoms with Gasteiger partial charge in [0.1, 0.15) is 5.82 Å². The Morgan fingerprint density at radius 1 is 1.04 bits per heavy atom. The van der Waals surface area contributed by atoms with Crippen molar-refractivity contribution in [3.8, 4) is 5.69 Å². The van der Waals surface area contributed by atoms with Crippen molar-refractivity contribution in [3.63, 3.8) is 0 Å². The third kappa shape index (κ3) is 2.98. The molecule has 2 aliphatic rings. The molecule has 136 valence electrons. The molecular formula is C17H18N4O4S. The number of nitrogens with zero attached hydrogens (tertiary/aromatic N) is 3. The van der Waals surface area contributed by atoms with Crippen LogP contribution in [0.4, 0.5) is 5.82 Å². The predicted octanol–water partition coefficient (Wildman–Crippen LogP) is 0.862. The molecule has 26 heavy (non-hydrogen) atoms. The van der Waals surface area contributed by atoms with Crippen molar-refractivity contribution in [1.82, 2.24) is 14.7 Å². The zero-order valence-electron chi connectivity index (χ0n) is 14.0. The molecule has 0 saturated carbocycles. The molecule has 0 atom stereocenters. The van der Waals surface area contributed by atoms with Crippen molar-refractivity contribution >= 4 is 27.5 Å². The number of hydrogen-bond donors (Lipinski definition) is 1. The molecular weight excluding hydrogens is 356 g/mol. The lowest BCUT2D eigenvalue weighted by Gasteiger charge is -2.15. The Labute approximate surface area is 150 Å². The Hall–Kier alpha value is -2.68. The molecule has 1 saturated heterocycles. The Kier molecular flexibility index (Phi) is 4.03. The summed E-state index contributed by atoms with van der Waals surface area (Å²) in [5.74, 6) is -1.47. The van der Waals surface area contributed by atoms with Crippen LogP contribution in [0, 0.1) is 0 Å². The summed E-state index contributed by atoms with van der Waals surface area (Å²) in [5, 5.41) is 6.97. The topological polar surface area (TPSA) is 101 Å². The van der Waals surface area contributed by atoms with Gasteiger partial charge in [-0.05, 0) is 25.0 Å². The molecule has 0 unspecified atom stereocenters. The van der Waals surface area contributed by atoms with Crippen molar-refractivity contribution < 1.29 is 18.0 Å². The summed E-state index contributed by atoms with van der Waals surface area (Å²) in [4.78, 5) is 26.3. The fraction of sp³-hybridized carbons (Fsp3) is 0.353. The monoisotopic (exact) mass is 374 g/mol. The highest BCUT2D eigenvalue weighted by atomic mass is 32.2. The maximum atomic E-state index is 12.4. The third-order valence-corrected chi connectivity index (χ3v) is 6.05. The van der Waals surface area contributed by atoms with E-state index in [4.69, 9.17) is 0 Å².